The smallest absolute Gasteiger partial charge is 0.406 e. The van der Waals surface area contributed by atoms with E-state index in [1.807, 2.05) is 24.3 Å². The fraction of sp³-hybridized carbons (Fsp3) is 0.280. The minimum absolute atomic E-state index is 0.0795. The molecular formula is C25H22BrClF3N5O3S. The highest BCUT2D eigenvalue weighted by molar-refractivity contribution is 9.10. The second-order valence-corrected chi connectivity index (χ2v) is 12.2. The summed E-state index contributed by atoms with van der Waals surface area (Å²) in [6, 6.07) is 13.5. The van der Waals surface area contributed by atoms with E-state index in [0.29, 0.717) is 48.8 Å². The van der Waals surface area contributed by atoms with Crippen LogP contribution in [0.15, 0.2) is 70.2 Å². The molecule has 0 spiro atoms. The Labute approximate surface area is 235 Å². The van der Waals surface area contributed by atoms with E-state index in [1.54, 1.807) is 16.8 Å². The third-order valence-corrected chi connectivity index (χ3v) is 9.22. The summed E-state index contributed by atoms with van der Waals surface area (Å²) < 4.78 is 70.9. The molecule has 3 heterocycles. The van der Waals surface area contributed by atoms with Crippen LogP contribution in [0.2, 0.25) is 5.02 Å². The number of ether oxygens (including phenoxy) is 1. The second kappa shape index (κ2) is 11.0. The number of aromatic nitrogens is 3. The average molecular weight is 645 g/mol. The highest BCUT2D eigenvalue weighted by Gasteiger charge is 2.32. The quantitative estimate of drug-likeness (QED) is 0.257. The summed E-state index contributed by atoms with van der Waals surface area (Å²) in [6.07, 6.45) is -1.97. The van der Waals surface area contributed by atoms with Crippen LogP contribution in [0.4, 0.5) is 19.0 Å². The van der Waals surface area contributed by atoms with Crippen LogP contribution >= 0.6 is 27.5 Å². The maximum absolute atomic E-state index is 13.0. The van der Waals surface area contributed by atoms with Crippen molar-refractivity contribution in [2.24, 2.45) is 5.92 Å². The third-order valence-electron chi connectivity index (χ3n) is 6.42. The monoisotopic (exact) mass is 643 g/mol. The van der Waals surface area contributed by atoms with E-state index in [-0.39, 0.29) is 10.8 Å². The van der Waals surface area contributed by atoms with Crippen LogP contribution in [0.5, 0.6) is 5.75 Å². The van der Waals surface area contributed by atoms with Gasteiger partial charge in [-0.15, -0.1) is 13.2 Å². The van der Waals surface area contributed by atoms with Crippen molar-refractivity contribution in [3.63, 3.8) is 0 Å². The van der Waals surface area contributed by atoms with Crippen molar-refractivity contribution in [2.75, 3.05) is 25.0 Å². The van der Waals surface area contributed by atoms with Crippen molar-refractivity contribution in [3.8, 4) is 17.0 Å². The summed E-state index contributed by atoms with van der Waals surface area (Å²) in [6.45, 7) is 1.16. The van der Waals surface area contributed by atoms with Gasteiger partial charge in [0.2, 0.25) is 10.0 Å². The van der Waals surface area contributed by atoms with Gasteiger partial charge in [-0.25, -0.2) is 13.4 Å². The number of alkyl halides is 3. The molecule has 0 amide bonds. The van der Waals surface area contributed by atoms with E-state index >= 15 is 0 Å². The summed E-state index contributed by atoms with van der Waals surface area (Å²) in [5.74, 6) is 0.431. The molecule has 1 aliphatic rings. The topological polar surface area (TPSA) is 88.8 Å². The van der Waals surface area contributed by atoms with Gasteiger partial charge in [-0.05, 0) is 65.0 Å². The summed E-state index contributed by atoms with van der Waals surface area (Å²) in [4.78, 5) is 4.62. The summed E-state index contributed by atoms with van der Waals surface area (Å²) in [5, 5.41) is 8.40. The van der Waals surface area contributed by atoms with Crippen molar-refractivity contribution in [2.45, 2.75) is 24.1 Å². The Kier molecular flexibility index (Phi) is 7.77. The molecule has 0 radical (unpaired) electrons. The number of halogens is 5. The van der Waals surface area contributed by atoms with Crippen LogP contribution in [0.1, 0.15) is 12.8 Å². The zero-order valence-corrected chi connectivity index (χ0v) is 23.4. The van der Waals surface area contributed by atoms with Gasteiger partial charge in [0, 0.05) is 36.3 Å². The van der Waals surface area contributed by atoms with Crippen LogP contribution in [0.25, 0.3) is 16.9 Å². The first-order valence-electron chi connectivity index (χ1n) is 11.9. The van der Waals surface area contributed by atoms with Crippen molar-refractivity contribution >= 4 is 49.0 Å². The van der Waals surface area contributed by atoms with Crippen LogP contribution in [-0.2, 0) is 10.0 Å². The molecule has 1 N–H and O–H groups in total. The molecule has 1 fully saturated rings. The lowest BCUT2D eigenvalue weighted by Gasteiger charge is -2.31. The second-order valence-electron chi connectivity index (χ2n) is 8.98. The molecule has 206 valence electrons. The lowest BCUT2D eigenvalue weighted by Crippen LogP contribution is -2.39. The molecule has 1 aliphatic heterocycles. The zero-order valence-electron chi connectivity index (χ0n) is 20.2. The van der Waals surface area contributed by atoms with Gasteiger partial charge in [0.05, 0.1) is 21.3 Å². The van der Waals surface area contributed by atoms with Crippen molar-refractivity contribution in [1.82, 2.24) is 18.9 Å². The highest BCUT2D eigenvalue weighted by Crippen LogP contribution is 2.31. The number of hydrogen-bond acceptors (Lipinski definition) is 6. The van der Waals surface area contributed by atoms with Gasteiger partial charge in [-0.2, -0.15) is 13.9 Å². The average Bonchev–Trinajstić information content (AvgIpc) is 3.28. The fourth-order valence-corrected chi connectivity index (χ4v) is 6.48. The number of nitrogens with one attached hydrogen (secondary N) is 1. The number of sulfonamides is 1. The third kappa shape index (κ3) is 6.16. The van der Waals surface area contributed by atoms with Gasteiger partial charge in [0.15, 0.2) is 5.65 Å². The van der Waals surface area contributed by atoms with Crippen LogP contribution < -0.4 is 10.1 Å². The molecule has 0 atom stereocenters. The van der Waals surface area contributed by atoms with Gasteiger partial charge in [-0.3, -0.25) is 0 Å². The van der Waals surface area contributed by atoms with Gasteiger partial charge < -0.3 is 10.1 Å². The molecular weight excluding hydrogens is 623 g/mol. The predicted molar refractivity (Wildman–Crippen MR) is 144 cm³/mol. The molecule has 39 heavy (non-hydrogen) atoms. The van der Waals surface area contributed by atoms with E-state index in [1.165, 1.54) is 4.31 Å². The Balaban J connectivity index is 1.25. The number of piperidine rings is 1. The predicted octanol–water partition coefficient (Wildman–Crippen LogP) is 6.22. The molecule has 0 unspecified atom stereocenters. The zero-order chi connectivity index (χ0) is 27.8. The van der Waals surface area contributed by atoms with E-state index < -0.39 is 22.1 Å². The van der Waals surface area contributed by atoms with Crippen LogP contribution in [-0.4, -0.2) is 53.3 Å². The van der Waals surface area contributed by atoms with E-state index in [9.17, 15) is 21.6 Å². The minimum atomic E-state index is -4.84. The van der Waals surface area contributed by atoms with Gasteiger partial charge >= 0.3 is 6.36 Å². The molecule has 0 aliphatic carbocycles. The van der Waals surface area contributed by atoms with E-state index in [2.05, 4.69) is 31.1 Å². The SMILES string of the molecule is O=S(=O)(c1ccc(OC(F)(F)F)cc1)N1CCC(CNc2cc(-c3ccccc3Cl)nc3c(Br)cnn23)CC1. The minimum Gasteiger partial charge on any atom is -0.406 e. The summed E-state index contributed by atoms with van der Waals surface area (Å²) >= 11 is 9.89. The molecule has 8 nitrogen and oxygen atoms in total. The lowest BCUT2D eigenvalue weighted by molar-refractivity contribution is -0.274. The van der Waals surface area contributed by atoms with E-state index in [0.717, 1.165) is 40.1 Å². The molecule has 4 aromatic rings. The normalized spacial score (nSPS) is 15.5. The maximum Gasteiger partial charge on any atom is 0.573 e. The largest absolute Gasteiger partial charge is 0.573 e. The lowest BCUT2D eigenvalue weighted by atomic mass is 9.98. The number of benzene rings is 2. The molecule has 5 rings (SSSR count). The number of fused-ring (bicyclic) bond motifs is 1. The molecule has 2 aromatic carbocycles. The Hall–Kier alpha value is -2.87. The van der Waals surface area contributed by atoms with Crippen LogP contribution in [0.3, 0.4) is 0 Å². The maximum atomic E-state index is 13.0. The first-order valence-corrected chi connectivity index (χ1v) is 14.5. The Morgan fingerprint density at radius 1 is 1.10 bits per heavy atom. The van der Waals surface area contributed by atoms with Crippen molar-refractivity contribution in [1.29, 1.82) is 0 Å². The first kappa shape index (κ1) is 27.7. The van der Waals surface area contributed by atoms with E-state index in [4.69, 9.17) is 16.6 Å². The molecule has 14 heteroatoms. The number of rotatable bonds is 7. The molecule has 0 bridgehead atoms. The van der Waals surface area contributed by atoms with Crippen LogP contribution in [0, 0.1) is 5.92 Å². The molecule has 1 saturated heterocycles. The highest BCUT2D eigenvalue weighted by atomic mass is 79.9. The number of hydrogen-bond donors (Lipinski definition) is 1. The Bertz CT molecular complexity index is 1590. The summed E-state index contributed by atoms with van der Waals surface area (Å²) in [5.41, 5.74) is 2.10. The fourth-order valence-electron chi connectivity index (χ4n) is 4.43. The summed E-state index contributed by atoms with van der Waals surface area (Å²) in [7, 11) is -3.84. The van der Waals surface area contributed by atoms with Gasteiger partial charge in [-0.1, -0.05) is 29.8 Å². The number of anilines is 1. The molecule has 2 aromatic heterocycles. The van der Waals surface area contributed by atoms with Crippen molar-refractivity contribution < 1.29 is 26.3 Å². The van der Waals surface area contributed by atoms with Crippen molar-refractivity contribution in [3.05, 3.63) is 70.3 Å². The van der Waals surface area contributed by atoms with Gasteiger partial charge in [0.1, 0.15) is 11.6 Å². The first-order chi connectivity index (χ1) is 18.5. The Morgan fingerprint density at radius 3 is 2.46 bits per heavy atom. The molecule has 0 saturated carbocycles. The van der Waals surface area contributed by atoms with Gasteiger partial charge in [0.25, 0.3) is 0 Å². The number of nitrogens with zero attached hydrogens (tertiary/aromatic N) is 4. The Morgan fingerprint density at radius 2 is 1.79 bits per heavy atom. The standard InChI is InChI=1S/C25H22BrClF3N5O3S/c26-20-15-32-35-23(13-22(33-24(20)35)19-3-1-2-4-21(19)27)31-14-16-9-11-34(12-10-16)39(36,37)18-7-5-17(6-8-18)38-25(28,29)30/h1-8,13,15-16,31H,9-12,14H2.